The van der Waals surface area contributed by atoms with Crippen LogP contribution >= 0.6 is 0 Å². The molecule has 2 saturated heterocycles. The molecule has 1 amide bonds. The van der Waals surface area contributed by atoms with Crippen molar-refractivity contribution >= 4 is 17.3 Å². The van der Waals surface area contributed by atoms with Crippen molar-refractivity contribution in [3.8, 4) is 5.75 Å². The molecule has 31 heavy (non-hydrogen) atoms. The Kier molecular flexibility index (Phi) is 5.39. The van der Waals surface area contributed by atoms with Crippen LogP contribution in [0.15, 0.2) is 42.5 Å². The minimum absolute atomic E-state index is 0.0845. The SMILES string of the molecule is Cc1cc(N2CCC3(CCN(C)C3)C2)ccc1NC(=O)c1ccc(OCC2CC2)cc1. The Morgan fingerprint density at radius 1 is 1.10 bits per heavy atom. The highest BCUT2D eigenvalue weighted by atomic mass is 16.5. The minimum atomic E-state index is -0.0845. The summed E-state index contributed by atoms with van der Waals surface area (Å²) >= 11 is 0. The van der Waals surface area contributed by atoms with E-state index in [2.05, 4.69) is 41.2 Å². The summed E-state index contributed by atoms with van der Waals surface area (Å²) in [4.78, 5) is 17.7. The van der Waals surface area contributed by atoms with Crippen LogP contribution in [0.25, 0.3) is 0 Å². The molecule has 3 aliphatic rings. The minimum Gasteiger partial charge on any atom is -0.493 e. The molecule has 164 valence electrons. The second-order valence-electron chi connectivity index (χ2n) is 9.89. The lowest BCUT2D eigenvalue weighted by atomic mass is 9.86. The fourth-order valence-corrected chi connectivity index (χ4v) is 5.03. The van der Waals surface area contributed by atoms with Gasteiger partial charge in [0.05, 0.1) is 6.61 Å². The van der Waals surface area contributed by atoms with Crippen LogP contribution in [0.5, 0.6) is 5.75 Å². The average Bonchev–Trinajstić information content (AvgIpc) is 3.41. The molecule has 2 aromatic carbocycles. The summed E-state index contributed by atoms with van der Waals surface area (Å²) in [6, 6.07) is 13.8. The third kappa shape index (κ3) is 4.57. The van der Waals surface area contributed by atoms with Gasteiger partial charge in [0.1, 0.15) is 5.75 Å². The zero-order valence-electron chi connectivity index (χ0n) is 18.7. The highest BCUT2D eigenvalue weighted by molar-refractivity contribution is 6.04. The summed E-state index contributed by atoms with van der Waals surface area (Å²) in [6.07, 6.45) is 5.12. The number of benzene rings is 2. The summed E-state index contributed by atoms with van der Waals surface area (Å²) in [5.74, 6) is 1.47. The Balaban J connectivity index is 1.20. The molecule has 1 aliphatic carbocycles. The summed E-state index contributed by atoms with van der Waals surface area (Å²) < 4.78 is 5.77. The van der Waals surface area contributed by atoms with Crippen LogP contribution in [0, 0.1) is 18.3 Å². The van der Waals surface area contributed by atoms with Crippen LogP contribution in [0.3, 0.4) is 0 Å². The van der Waals surface area contributed by atoms with Crippen LogP contribution < -0.4 is 15.0 Å². The van der Waals surface area contributed by atoms with Crippen molar-refractivity contribution in [1.29, 1.82) is 0 Å². The van der Waals surface area contributed by atoms with Crippen molar-refractivity contribution in [1.82, 2.24) is 4.90 Å². The lowest BCUT2D eigenvalue weighted by Gasteiger charge is -2.25. The molecule has 2 heterocycles. The predicted octanol–water partition coefficient (Wildman–Crippen LogP) is 4.57. The average molecular weight is 420 g/mol. The van der Waals surface area contributed by atoms with Crippen molar-refractivity contribution in [3.05, 3.63) is 53.6 Å². The maximum absolute atomic E-state index is 12.7. The van der Waals surface area contributed by atoms with Gasteiger partial charge >= 0.3 is 0 Å². The van der Waals surface area contributed by atoms with Gasteiger partial charge < -0.3 is 19.9 Å². The maximum atomic E-state index is 12.7. The molecule has 5 nitrogen and oxygen atoms in total. The van der Waals surface area contributed by atoms with E-state index >= 15 is 0 Å². The summed E-state index contributed by atoms with van der Waals surface area (Å²) in [5.41, 5.74) is 4.34. The van der Waals surface area contributed by atoms with E-state index in [0.29, 0.717) is 11.0 Å². The number of aryl methyl sites for hydroxylation is 1. The Labute approximate surface area is 185 Å². The van der Waals surface area contributed by atoms with Gasteiger partial charge in [-0.25, -0.2) is 0 Å². The second-order valence-corrected chi connectivity index (χ2v) is 9.89. The van der Waals surface area contributed by atoms with Gasteiger partial charge in [-0.2, -0.15) is 0 Å². The van der Waals surface area contributed by atoms with E-state index in [9.17, 15) is 4.79 Å². The molecule has 1 spiro atoms. The van der Waals surface area contributed by atoms with Gasteiger partial charge in [-0.15, -0.1) is 0 Å². The standard InChI is InChI=1S/C26H33N3O2/c1-19-15-22(29-14-12-26(18-29)11-13-28(2)17-26)7-10-24(19)27-25(30)21-5-8-23(9-6-21)31-16-20-3-4-20/h5-10,15,20H,3-4,11-14,16-18H2,1-2H3,(H,27,30). The van der Waals surface area contributed by atoms with E-state index in [1.165, 1.54) is 44.5 Å². The largest absolute Gasteiger partial charge is 0.493 e. The third-order valence-corrected chi connectivity index (χ3v) is 7.19. The van der Waals surface area contributed by atoms with Gasteiger partial charge in [0.25, 0.3) is 5.91 Å². The van der Waals surface area contributed by atoms with Gasteiger partial charge in [0.15, 0.2) is 0 Å². The molecule has 0 aromatic heterocycles. The molecule has 1 saturated carbocycles. The number of hydrogen-bond donors (Lipinski definition) is 1. The molecular formula is C26H33N3O2. The molecule has 1 unspecified atom stereocenters. The molecule has 5 rings (SSSR count). The lowest BCUT2D eigenvalue weighted by Crippen LogP contribution is -2.29. The van der Waals surface area contributed by atoms with E-state index in [4.69, 9.17) is 4.74 Å². The van der Waals surface area contributed by atoms with Crippen molar-refractivity contribution in [3.63, 3.8) is 0 Å². The van der Waals surface area contributed by atoms with Crippen molar-refractivity contribution in [2.24, 2.45) is 11.3 Å². The molecule has 1 atom stereocenters. The molecule has 0 radical (unpaired) electrons. The second kappa shape index (κ2) is 8.19. The van der Waals surface area contributed by atoms with Crippen molar-refractivity contribution in [2.75, 3.05) is 50.1 Å². The predicted molar refractivity (Wildman–Crippen MR) is 125 cm³/mol. The number of amides is 1. The smallest absolute Gasteiger partial charge is 0.255 e. The first-order chi connectivity index (χ1) is 15.0. The van der Waals surface area contributed by atoms with Gasteiger partial charge in [0, 0.05) is 42.0 Å². The summed E-state index contributed by atoms with van der Waals surface area (Å²) in [6.45, 7) is 7.54. The van der Waals surface area contributed by atoms with Crippen LogP contribution in [0.2, 0.25) is 0 Å². The van der Waals surface area contributed by atoms with Gasteiger partial charge in [0.2, 0.25) is 0 Å². The number of ether oxygens (including phenoxy) is 1. The van der Waals surface area contributed by atoms with E-state index in [1.54, 1.807) is 0 Å². The molecule has 2 aliphatic heterocycles. The number of rotatable bonds is 6. The van der Waals surface area contributed by atoms with Gasteiger partial charge in [-0.1, -0.05) is 0 Å². The van der Waals surface area contributed by atoms with E-state index in [0.717, 1.165) is 42.6 Å². The number of nitrogens with one attached hydrogen (secondary N) is 1. The number of nitrogens with zero attached hydrogens (tertiary/aromatic N) is 2. The Hall–Kier alpha value is -2.53. The molecule has 3 fully saturated rings. The van der Waals surface area contributed by atoms with Crippen LogP contribution in [-0.4, -0.2) is 50.6 Å². The van der Waals surface area contributed by atoms with Crippen molar-refractivity contribution < 1.29 is 9.53 Å². The number of carbonyl (C=O) groups is 1. The quantitative estimate of drug-likeness (QED) is 0.745. The normalized spacial score (nSPS) is 23.5. The van der Waals surface area contributed by atoms with E-state index < -0.39 is 0 Å². The monoisotopic (exact) mass is 419 g/mol. The van der Waals surface area contributed by atoms with E-state index in [1.807, 2.05) is 30.3 Å². The molecule has 2 aromatic rings. The topological polar surface area (TPSA) is 44.8 Å². The van der Waals surface area contributed by atoms with Gasteiger partial charge in [-0.3, -0.25) is 4.79 Å². The first kappa shape index (κ1) is 20.4. The van der Waals surface area contributed by atoms with Crippen molar-refractivity contribution in [2.45, 2.75) is 32.6 Å². The zero-order chi connectivity index (χ0) is 21.4. The van der Waals surface area contributed by atoms with Crippen LogP contribution in [-0.2, 0) is 0 Å². The molecule has 0 bridgehead atoms. The summed E-state index contributed by atoms with van der Waals surface area (Å²) in [5, 5.41) is 3.07. The van der Waals surface area contributed by atoms with Gasteiger partial charge in [-0.05, 0) is 100 Å². The lowest BCUT2D eigenvalue weighted by molar-refractivity contribution is 0.102. The highest BCUT2D eigenvalue weighted by Crippen LogP contribution is 2.41. The fourth-order valence-electron chi connectivity index (χ4n) is 5.03. The Morgan fingerprint density at radius 3 is 2.55 bits per heavy atom. The first-order valence-corrected chi connectivity index (χ1v) is 11.6. The van der Waals surface area contributed by atoms with Crippen LogP contribution in [0.4, 0.5) is 11.4 Å². The molecule has 1 N–H and O–H groups in total. The van der Waals surface area contributed by atoms with Crippen LogP contribution in [0.1, 0.15) is 41.6 Å². The molecular weight excluding hydrogens is 386 g/mol. The number of hydrogen-bond acceptors (Lipinski definition) is 4. The zero-order valence-corrected chi connectivity index (χ0v) is 18.7. The Morgan fingerprint density at radius 2 is 1.87 bits per heavy atom. The maximum Gasteiger partial charge on any atom is 0.255 e. The summed E-state index contributed by atoms with van der Waals surface area (Å²) in [7, 11) is 2.23. The number of likely N-dealkylation sites (tertiary alicyclic amines) is 1. The fraction of sp³-hybridized carbons (Fsp3) is 0.500. The highest BCUT2D eigenvalue weighted by Gasteiger charge is 2.42. The number of carbonyl (C=O) groups excluding carboxylic acids is 1. The van der Waals surface area contributed by atoms with E-state index in [-0.39, 0.29) is 5.91 Å². The first-order valence-electron chi connectivity index (χ1n) is 11.6. The number of anilines is 2. The Bertz CT molecular complexity index is 954. The molecule has 5 heteroatoms. The third-order valence-electron chi connectivity index (χ3n) is 7.19.